The minimum absolute atomic E-state index is 0.0499. The molecule has 0 bridgehead atoms. The Morgan fingerprint density at radius 1 is 1.29 bits per heavy atom. The number of hydrogen-bond acceptors (Lipinski definition) is 3. The van der Waals surface area contributed by atoms with E-state index in [1.54, 1.807) is 19.2 Å². The fourth-order valence-electron chi connectivity index (χ4n) is 3.51. The van der Waals surface area contributed by atoms with Crippen LogP contribution in [-0.4, -0.2) is 18.1 Å². The fraction of sp³-hybridized carbons (Fsp3) is 0.421. The molecule has 128 valence electrons. The molecular formula is C19H23FN2O2. The lowest BCUT2D eigenvalue weighted by atomic mass is 9.99. The Morgan fingerprint density at radius 2 is 2.12 bits per heavy atom. The van der Waals surface area contributed by atoms with Gasteiger partial charge in [0.1, 0.15) is 11.6 Å². The van der Waals surface area contributed by atoms with E-state index in [0.717, 1.165) is 24.8 Å². The van der Waals surface area contributed by atoms with Gasteiger partial charge in [0.05, 0.1) is 7.11 Å². The van der Waals surface area contributed by atoms with E-state index < -0.39 is 0 Å². The Hall–Kier alpha value is -2.14. The van der Waals surface area contributed by atoms with Gasteiger partial charge in [-0.3, -0.25) is 4.79 Å². The Bertz CT molecular complexity index is 739. The first-order valence-corrected chi connectivity index (χ1v) is 8.34. The van der Waals surface area contributed by atoms with Gasteiger partial charge in [0.25, 0.3) is 0 Å². The molecule has 1 aromatic carbocycles. The van der Waals surface area contributed by atoms with Crippen LogP contribution in [0.15, 0.2) is 41.3 Å². The Labute approximate surface area is 141 Å². The molecular weight excluding hydrogens is 307 g/mol. The zero-order chi connectivity index (χ0) is 17.1. The number of H-pyrrole nitrogens is 1. The van der Waals surface area contributed by atoms with Crippen molar-refractivity contribution in [3.63, 3.8) is 0 Å². The second-order valence-electron chi connectivity index (χ2n) is 6.51. The smallest absolute Gasteiger partial charge is 0.247 e. The van der Waals surface area contributed by atoms with Crippen LogP contribution in [0.1, 0.15) is 49.3 Å². The lowest BCUT2D eigenvalue weighted by molar-refractivity contribution is 0.407. The molecule has 1 heterocycles. The van der Waals surface area contributed by atoms with Crippen LogP contribution in [0.25, 0.3) is 0 Å². The predicted octanol–water partition coefficient (Wildman–Crippen LogP) is 3.51. The van der Waals surface area contributed by atoms with Crippen molar-refractivity contribution in [1.82, 2.24) is 10.3 Å². The van der Waals surface area contributed by atoms with E-state index in [2.05, 4.69) is 10.3 Å². The van der Waals surface area contributed by atoms with Crippen molar-refractivity contribution in [3.05, 3.63) is 63.8 Å². The summed E-state index contributed by atoms with van der Waals surface area (Å²) >= 11 is 0. The van der Waals surface area contributed by atoms with Gasteiger partial charge in [-0.2, -0.15) is 0 Å². The molecule has 0 radical (unpaired) electrons. The molecule has 3 rings (SSSR count). The van der Waals surface area contributed by atoms with Gasteiger partial charge in [0, 0.05) is 30.4 Å². The number of halogens is 1. The van der Waals surface area contributed by atoms with Crippen molar-refractivity contribution >= 4 is 0 Å². The minimum Gasteiger partial charge on any atom is -0.497 e. The highest BCUT2D eigenvalue weighted by atomic mass is 19.1. The molecule has 3 unspecified atom stereocenters. The quantitative estimate of drug-likeness (QED) is 0.882. The molecule has 0 spiro atoms. The van der Waals surface area contributed by atoms with Crippen LogP contribution < -0.4 is 15.6 Å². The first-order valence-electron chi connectivity index (χ1n) is 8.34. The van der Waals surface area contributed by atoms with Gasteiger partial charge >= 0.3 is 0 Å². The summed E-state index contributed by atoms with van der Waals surface area (Å²) in [6.45, 7) is 2.04. The maximum Gasteiger partial charge on any atom is 0.247 e. The van der Waals surface area contributed by atoms with Gasteiger partial charge in [-0.1, -0.05) is 6.07 Å². The van der Waals surface area contributed by atoms with Crippen LogP contribution in [0.5, 0.6) is 5.75 Å². The fourth-order valence-corrected chi connectivity index (χ4v) is 3.51. The Morgan fingerprint density at radius 3 is 2.83 bits per heavy atom. The molecule has 1 aromatic heterocycles. The summed E-state index contributed by atoms with van der Waals surface area (Å²) in [5, 5.41) is 3.59. The molecule has 4 nitrogen and oxygen atoms in total. The standard InChI is InChI=1S/C19H23FN2O2/c1-12(15-7-16(20)10-18(9-15)24-2)22-17-5-3-13(8-17)14-4-6-19(23)21-11-14/h4,6-7,9-13,17,22H,3,5,8H2,1-2H3,(H,21,23). The van der Waals surface area contributed by atoms with Crippen LogP contribution in [0.2, 0.25) is 0 Å². The lowest BCUT2D eigenvalue weighted by Gasteiger charge is -2.21. The topological polar surface area (TPSA) is 54.1 Å². The second-order valence-corrected chi connectivity index (χ2v) is 6.51. The number of nitrogens with one attached hydrogen (secondary N) is 2. The summed E-state index contributed by atoms with van der Waals surface area (Å²) in [6.07, 6.45) is 4.99. The molecule has 0 aliphatic heterocycles. The highest BCUT2D eigenvalue weighted by molar-refractivity contribution is 5.31. The molecule has 1 saturated carbocycles. The Balaban J connectivity index is 1.63. The number of hydrogen-bond donors (Lipinski definition) is 2. The van der Waals surface area contributed by atoms with Crippen molar-refractivity contribution in [2.24, 2.45) is 0 Å². The summed E-state index contributed by atoms with van der Waals surface area (Å²) in [5.41, 5.74) is 2.00. The zero-order valence-corrected chi connectivity index (χ0v) is 14.0. The number of aromatic nitrogens is 1. The van der Waals surface area contributed by atoms with E-state index in [9.17, 15) is 9.18 Å². The number of benzene rings is 1. The van der Waals surface area contributed by atoms with Crippen molar-refractivity contribution in [2.45, 2.75) is 44.2 Å². The molecule has 3 atom stereocenters. The van der Waals surface area contributed by atoms with E-state index in [0.29, 0.717) is 17.7 Å². The maximum atomic E-state index is 13.7. The van der Waals surface area contributed by atoms with E-state index >= 15 is 0 Å². The van der Waals surface area contributed by atoms with Crippen molar-refractivity contribution in [2.75, 3.05) is 7.11 Å². The second kappa shape index (κ2) is 7.18. The number of aromatic amines is 1. The summed E-state index contributed by atoms with van der Waals surface area (Å²) in [6, 6.07) is 8.73. The third-order valence-electron chi connectivity index (χ3n) is 4.83. The molecule has 1 fully saturated rings. The highest BCUT2D eigenvalue weighted by Crippen LogP contribution is 2.35. The van der Waals surface area contributed by atoms with E-state index in [1.807, 2.05) is 25.3 Å². The molecule has 2 aromatic rings. The van der Waals surface area contributed by atoms with E-state index in [1.165, 1.54) is 11.6 Å². The van der Waals surface area contributed by atoms with Gasteiger partial charge in [-0.15, -0.1) is 0 Å². The summed E-state index contributed by atoms with van der Waals surface area (Å²) in [5.74, 6) is 0.709. The number of rotatable bonds is 5. The van der Waals surface area contributed by atoms with Gasteiger partial charge in [0.15, 0.2) is 0 Å². The third-order valence-corrected chi connectivity index (χ3v) is 4.83. The zero-order valence-electron chi connectivity index (χ0n) is 14.0. The predicted molar refractivity (Wildman–Crippen MR) is 91.9 cm³/mol. The molecule has 1 aliphatic rings. The van der Waals surface area contributed by atoms with Gasteiger partial charge < -0.3 is 15.0 Å². The SMILES string of the molecule is COc1cc(F)cc(C(C)NC2CCC(c3ccc(=O)[nH]c3)C2)c1. The van der Waals surface area contributed by atoms with Gasteiger partial charge in [-0.05, 0) is 55.4 Å². The molecule has 1 aliphatic carbocycles. The monoisotopic (exact) mass is 330 g/mol. The number of methoxy groups -OCH3 is 1. The van der Waals surface area contributed by atoms with Crippen LogP contribution in [0.4, 0.5) is 4.39 Å². The largest absolute Gasteiger partial charge is 0.497 e. The van der Waals surface area contributed by atoms with E-state index in [4.69, 9.17) is 4.74 Å². The number of ether oxygens (including phenoxy) is 1. The number of pyridine rings is 1. The highest BCUT2D eigenvalue weighted by Gasteiger charge is 2.27. The maximum absolute atomic E-state index is 13.7. The molecule has 0 saturated heterocycles. The molecule has 2 N–H and O–H groups in total. The molecule has 0 amide bonds. The van der Waals surface area contributed by atoms with Crippen LogP contribution >= 0.6 is 0 Å². The average Bonchev–Trinajstić information content (AvgIpc) is 3.03. The lowest BCUT2D eigenvalue weighted by Crippen LogP contribution is -2.29. The first kappa shape index (κ1) is 16.7. The first-order chi connectivity index (χ1) is 11.5. The summed E-state index contributed by atoms with van der Waals surface area (Å²) in [7, 11) is 1.54. The van der Waals surface area contributed by atoms with E-state index in [-0.39, 0.29) is 17.4 Å². The average molecular weight is 330 g/mol. The normalized spacial score (nSPS) is 21.6. The van der Waals surface area contributed by atoms with Crippen molar-refractivity contribution < 1.29 is 9.13 Å². The van der Waals surface area contributed by atoms with Crippen LogP contribution in [0.3, 0.4) is 0 Å². The van der Waals surface area contributed by atoms with Crippen molar-refractivity contribution in [1.29, 1.82) is 0 Å². The third kappa shape index (κ3) is 3.85. The van der Waals surface area contributed by atoms with Crippen LogP contribution in [0, 0.1) is 5.82 Å². The van der Waals surface area contributed by atoms with Crippen molar-refractivity contribution in [3.8, 4) is 5.75 Å². The van der Waals surface area contributed by atoms with Gasteiger partial charge in [0.2, 0.25) is 5.56 Å². The van der Waals surface area contributed by atoms with Crippen LogP contribution in [-0.2, 0) is 0 Å². The summed E-state index contributed by atoms with van der Waals surface area (Å²) in [4.78, 5) is 13.9. The summed E-state index contributed by atoms with van der Waals surface area (Å²) < 4.78 is 18.8. The minimum atomic E-state index is -0.282. The molecule has 24 heavy (non-hydrogen) atoms. The Kier molecular flexibility index (Phi) is 5.00. The van der Waals surface area contributed by atoms with Gasteiger partial charge in [-0.25, -0.2) is 4.39 Å². The molecule has 5 heteroatoms.